The van der Waals surface area contributed by atoms with Gasteiger partial charge in [-0.1, -0.05) is 30.3 Å². The molecular weight excluding hydrogens is 438 g/mol. The molecule has 0 saturated heterocycles. The molecule has 3 unspecified atom stereocenters. The molecule has 0 aromatic heterocycles. The van der Waals surface area contributed by atoms with E-state index in [0.29, 0.717) is 5.56 Å². The van der Waals surface area contributed by atoms with Gasteiger partial charge in [0.2, 0.25) is 23.6 Å². The minimum atomic E-state index is -1.56. The van der Waals surface area contributed by atoms with Crippen molar-refractivity contribution in [3.63, 3.8) is 0 Å². The third kappa shape index (κ3) is 10.2. The molecule has 13 nitrogen and oxygen atoms in total. The van der Waals surface area contributed by atoms with E-state index < -0.39 is 73.1 Å². The first kappa shape index (κ1) is 27.0. The van der Waals surface area contributed by atoms with Gasteiger partial charge in [0.15, 0.2) is 0 Å². The number of aliphatic carboxylic acids is 2. The highest BCUT2D eigenvalue weighted by Crippen LogP contribution is 2.06. The summed E-state index contributed by atoms with van der Waals surface area (Å²) in [6, 6.07) is 4.16. The molecule has 0 aliphatic carbocycles. The zero-order valence-electron chi connectivity index (χ0n) is 17.7. The zero-order chi connectivity index (χ0) is 25.0. The molecule has 13 heteroatoms. The van der Waals surface area contributed by atoms with Gasteiger partial charge < -0.3 is 37.6 Å². The van der Waals surface area contributed by atoms with Crippen LogP contribution in [0.5, 0.6) is 0 Å². The molecule has 1 rings (SSSR count). The number of carbonyl (C=O) groups is 6. The fourth-order valence-corrected chi connectivity index (χ4v) is 2.79. The smallest absolute Gasteiger partial charge is 0.326 e. The molecule has 9 N–H and O–H groups in total. The highest BCUT2D eigenvalue weighted by atomic mass is 16.4. The lowest BCUT2D eigenvalue weighted by Crippen LogP contribution is -2.57. The Hall–Kier alpha value is -4.00. The maximum atomic E-state index is 12.7. The van der Waals surface area contributed by atoms with Gasteiger partial charge in [0.05, 0.1) is 13.0 Å². The Balaban J connectivity index is 2.97. The summed E-state index contributed by atoms with van der Waals surface area (Å²) in [4.78, 5) is 70.8. The first-order valence-corrected chi connectivity index (χ1v) is 9.90. The van der Waals surface area contributed by atoms with E-state index in [1.54, 1.807) is 30.3 Å². The van der Waals surface area contributed by atoms with Crippen molar-refractivity contribution in [3.05, 3.63) is 35.9 Å². The van der Waals surface area contributed by atoms with Crippen molar-refractivity contribution in [2.45, 2.75) is 43.8 Å². The van der Waals surface area contributed by atoms with E-state index in [1.165, 1.54) is 0 Å². The number of carboxylic acid groups (broad SMARTS) is 2. The van der Waals surface area contributed by atoms with Gasteiger partial charge in [-0.25, -0.2) is 4.79 Å². The summed E-state index contributed by atoms with van der Waals surface area (Å²) in [6.07, 6.45) is -1.52. The summed E-state index contributed by atoms with van der Waals surface area (Å²) in [5.74, 6) is -6.23. The van der Waals surface area contributed by atoms with Gasteiger partial charge in [0, 0.05) is 12.8 Å². The van der Waals surface area contributed by atoms with Crippen molar-refractivity contribution in [1.82, 2.24) is 16.0 Å². The average Bonchev–Trinajstić information content (AvgIpc) is 2.75. The predicted octanol–water partition coefficient (Wildman–Crippen LogP) is -2.53. The van der Waals surface area contributed by atoms with Crippen LogP contribution in [0.4, 0.5) is 0 Å². The monoisotopic (exact) mass is 465 g/mol. The van der Waals surface area contributed by atoms with Gasteiger partial charge in [-0.2, -0.15) is 0 Å². The van der Waals surface area contributed by atoms with E-state index in [4.69, 9.17) is 16.6 Å². The van der Waals surface area contributed by atoms with Gasteiger partial charge in [-0.15, -0.1) is 0 Å². The molecular formula is C20H27N5O8. The van der Waals surface area contributed by atoms with E-state index in [9.17, 15) is 33.9 Å². The molecule has 1 aromatic carbocycles. The molecule has 0 fully saturated rings. The Kier molecular flexibility index (Phi) is 11.0. The predicted molar refractivity (Wildman–Crippen MR) is 113 cm³/mol. The summed E-state index contributed by atoms with van der Waals surface area (Å²) in [5.41, 5.74) is 11.0. The number of amides is 4. The Morgan fingerprint density at radius 3 is 1.94 bits per heavy atom. The van der Waals surface area contributed by atoms with Gasteiger partial charge >= 0.3 is 11.9 Å². The second-order valence-electron chi connectivity index (χ2n) is 7.08. The first-order chi connectivity index (χ1) is 15.5. The van der Waals surface area contributed by atoms with Crippen LogP contribution in [0.3, 0.4) is 0 Å². The third-order valence-corrected chi connectivity index (χ3v) is 4.42. The second-order valence-corrected chi connectivity index (χ2v) is 7.08. The number of carbonyl (C=O) groups excluding carboxylic acids is 4. The van der Waals surface area contributed by atoms with E-state index >= 15 is 0 Å². The zero-order valence-corrected chi connectivity index (χ0v) is 17.7. The maximum Gasteiger partial charge on any atom is 0.326 e. The van der Waals surface area contributed by atoms with Gasteiger partial charge in [-0.3, -0.25) is 24.0 Å². The largest absolute Gasteiger partial charge is 0.481 e. The van der Waals surface area contributed by atoms with Crippen LogP contribution in [0.1, 0.15) is 24.8 Å². The van der Waals surface area contributed by atoms with Crippen molar-refractivity contribution >= 4 is 35.6 Å². The van der Waals surface area contributed by atoms with Crippen molar-refractivity contribution in [1.29, 1.82) is 0 Å². The highest BCUT2D eigenvalue weighted by molar-refractivity contribution is 5.96. The lowest BCUT2D eigenvalue weighted by atomic mass is 10.0. The number of hydrogen-bond donors (Lipinski definition) is 7. The quantitative estimate of drug-likeness (QED) is 0.153. The molecule has 180 valence electrons. The molecule has 0 bridgehead atoms. The molecule has 0 heterocycles. The third-order valence-electron chi connectivity index (χ3n) is 4.42. The lowest BCUT2D eigenvalue weighted by Gasteiger charge is -2.23. The second kappa shape index (κ2) is 13.4. The minimum Gasteiger partial charge on any atom is -0.481 e. The first-order valence-electron chi connectivity index (χ1n) is 9.90. The van der Waals surface area contributed by atoms with E-state index in [2.05, 4.69) is 16.0 Å². The van der Waals surface area contributed by atoms with Gasteiger partial charge in [0.25, 0.3) is 0 Å². The summed E-state index contributed by atoms with van der Waals surface area (Å²) in [6.45, 7) is -0.470. The molecule has 0 saturated carbocycles. The van der Waals surface area contributed by atoms with Crippen LogP contribution < -0.4 is 27.4 Å². The molecule has 0 radical (unpaired) electrons. The van der Waals surface area contributed by atoms with Crippen LogP contribution in [-0.4, -0.2) is 70.5 Å². The van der Waals surface area contributed by atoms with E-state index in [-0.39, 0.29) is 12.8 Å². The Labute approximate surface area is 188 Å². The number of hydrogen-bond acceptors (Lipinski definition) is 7. The van der Waals surface area contributed by atoms with Crippen LogP contribution in [0.25, 0.3) is 0 Å². The molecule has 33 heavy (non-hydrogen) atoms. The average molecular weight is 465 g/mol. The SMILES string of the molecule is NCC(=O)NC(CCC(=O)O)C(=O)NC(CC(N)=O)C(=O)NC(Cc1ccccc1)C(=O)O. The molecule has 0 aliphatic heterocycles. The van der Waals surface area contributed by atoms with Crippen LogP contribution in [-0.2, 0) is 35.2 Å². The number of nitrogens with one attached hydrogen (secondary N) is 3. The standard InChI is InChI=1S/C20H27N5O8/c21-10-16(27)23-12(6-7-17(28)29)18(30)24-13(9-15(22)26)19(31)25-14(20(32)33)8-11-4-2-1-3-5-11/h1-5,12-14H,6-10,21H2,(H2,22,26)(H,23,27)(H,24,30)(H,25,31)(H,28,29)(H,32,33). The maximum absolute atomic E-state index is 12.7. The minimum absolute atomic E-state index is 0.0626. The molecule has 4 amide bonds. The number of primary amides is 1. The Morgan fingerprint density at radius 2 is 1.42 bits per heavy atom. The molecule has 3 atom stereocenters. The normalized spacial score (nSPS) is 13.1. The number of carboxylic acids is 2. The topological polar surface area (TPSA) is 231 Å². The van der Waals surface area contributed by atoms with Gasteiger partial charge in [-0.05, 0) is 12.0 Å². The summed E-state index contributed by atoms with van der Waals surface area (Å²) < 4.78 is 0. The number of rotatable bonds is 14. The lowest BCUT2D eigenvalue weighted by molar-refractivity contribution is -0.142. The Bertz CT molecular complexity index is 876. The molecule has 1 aromatic rings. The van der Waals surface area contributed by atoms with Crippen LogP contribution in [0.15, 0.2) is 30.3 Å². The van der Waals surface area contributed by atoms with Crippen LogP contribution in [0.2, 0.25) is 0 Å². The number of nitrogens with two attached hydrogens (primary N) is 2. The van der Waals surface area contributed by atoms with Crippen LogP contribution in [0, 0.1) is 0 Å². The highest BCUT2D eigenvalue weighted by Gasteiger charge is 2.30. The van der Waals surface area contributed by atoms with Crippen molar-refractivity contribution in [2.24, 2.45) is 11.5 Å². The van der Waals surface area contributed by atoms with E-state index in [1.807, 2.05) is 0 Å². The summed E-state index contributed by atoms with van der Waals surface area (Å²) >= 11 is 0. The summed E-state index contributed by atoms with van der Waals surface area (Å²) in [5, 5.41) is 25.0. The van der Waals surface area contributed by atoms with Crippen molar-refractivity contribution in [2.75, 3.05) is 6.54 Å². The van der Waals surface area contributed by atoms with Crippen molar-refractivity contribution < 1.29 is 39.0 Å². The van der Waals surface area contributed by atoms with Crippen LogP contribution >= 0.6 is 0 Å². The molecule has 0 aliphatic rings. The fraction of sp³-hybridized carbons (Fsp3) is 0.400. The van der Waals surface area contributed by atoms with E-state index in [0.717, 1.165) is 0 Å². The Morgan fingerprint density at radius 1 is 0.848 bits per heavy atom. The number of benzene rings is 1. The van der Waals surface area contributed by atoms with Crippen molar-refractivity contribution in [3.8, 4) is 0 Å². The van der Waals surface area contributed by atoms with Gasteiger partial charge in [0.1, 0.15) is 18.1 Å². The summed E-state index contributed by atoms with van der Waals surface area (Å²) in [7, 11) is 0. The fourth-order valence-electron chi connectivity index (χ4n) is 2.79. The molecule has 0 spiro atoms.